The molecule has 1 saturated heterocycles. The van der Waals surface area contributed by atoms with Crippen LogP contribution in [-0.2, 0) is 14.3 Å². The van der Waals surface area contributed by atoms with Crippen LogP contribution in [0.25, 0.3) is 0 Å². The Labute approximate surface area is 117 Å². The molecule has 1 atom stereocenters. The number of carbonyl (C=O) groups is 2. The van der Waals surface area contributed by atoms with Crippen LogP contribution in [0.2, 0.25) is 0 Å². The van der Waals surface area contributed by atoms with Crippen LogP contribution >= 0.6 is 0 Å². The Morgan fingerprint density at radius 3 is 2.15 bits per heavy atom. The van der Waals surface area contributed by atoms with Crippen molar-refractivity contribution in [1.29, 1.82) is 0 Å². The van der Waals surface area contributed by atoms with E-state index in [4.69, 9.17) is 4.74 Å². The third kappa shape index (κ3) is 3.19. The summed E-state index contributed by atoms with van der Waals surface area (Å²) in [7, 11) is 1.06. The van der Waals surface area contributed by atoms with E-state index in [9.17, 15) is 18.4 Å². The fourth-order valence-corrected chi connectivity index (χ4v) is 2.19. The highest BCUT2D eigenvalue weighted by atomic mass is 19.3. The number of likely N-dealkylation sites (tertiary alicyclic amines) is 1. The Morgan fingerprint density at radius 1 is 1.20 bits per heavy atom. The number of nitrogens with zero attached hydrogens (tertiary/aromatic N) is 1. The lowest BCUT2D eigenvalue weighted by molar-refractivity contribution is -0.176. The number of carbonyl (C=O) groups excluding carboxylic acids is 2. The summed E-state index contributed by atoms with van der Waals surface area (Å²) in [6.07, 6.45) is -0.852. The van der Waals surface area contributed by atoms with E-state index < -0.39 is 35.5 Å². The van der Waals surface area contributed by atoms with Gasteiger partial charge in [-0.1, -0.05) is 0 Å². The van der Waals surface area contributed by atoms with E-state index in [2.05, 4.69) is 4.74 Å². The van der Waals surface area contributed by atoms with Crippen molar-refractivity contribution in [2.45, 2.75) is 45.6 Å². The van der Waals surface area contributed by atoms with Gasteiger partial charge in [0, 0.05) is 20.0 Å². The summed E-state index contributed by atoms with van der Waals surface area (Å²) < 4.78 is 37.3. The molecular formula is C13H21F2NO4. The highest BCUT2D eigenvalue weighted by molar-refractivity contribution is 5.80. The molecule has 0 saturated carbocycles. The van der Waals surface area contributed by atoms with E-state index in [0.29, 0.717) is 6.92 Å². The Kier molecular flexibility index (Phi) is 4.31. The predicted octanol–water partition coefficient (Wildman–Crippen LogP) is 2.44. The van der Waals surface area contributed by atoms with Gasteiger partial charge >= 0.3 is 12.1 Å². The molecule has 0 radical (unpaired) electrons. The molecule has 0 aliphatic carbocycles. The quantitative estimate of drug-likeness (QED) is 0.734. The minimum atomic E-state index is -3.28. The number of esters is 1. The van der Waals surface area contributed by atoms with E-state index >= 15 is 0 Å². The maximum absolute atomic E-state index is 13.8. The average Bonchev–Trinajstić information content (AvgIpc) is 2.71. The third-order valence-electron chi connectivity index (χ3n) is 3.34. The molecule has 20 heavy (non-hydrogen) atoms. The highest BCUT2D eigenvalue weighted by Gasteiger charge is 2.61. The molecule has 7 heteroatoms. The smallest absolute Gasteiger partial charge is 0.410 e. The summed E-state index contributed by atoms with van der Waals surface area (Å²) in [4.78, 5) is 24.8. The van der Waals surface area contributed by atoms with Crippen molar-refractivity contribution in [2.24, 2.45) is 5.41 Å². The molecule has 0 bridgehead atoms. The van der Waals surface area contributed by atoms with Gasteiger partial charge in [0.05, 0.1) is 7.11 Å². The van der Waals surface area contributed by atoms with Crippen LogP contribution < -0.4 is 0 Å². The summed E-state index contributed by atoms with van der Waals surface area (Å²) in [5, 5.41) is 0. The standard InChI is InChI=1S/C13H21F2NO4/c1-11(2,3)20-10(18)16-7-6-13(8-16,9(17)19-5)12(4,14)15/h6-8H2,1-5H3. The fourth-order valence-electron chi connectivity index (χ4n) is 2.19. The molecule has 1 aliphatic rings. The van der Waals surface area contributed by atoms with E-state index in [0.717, 1.165) is 12.0 Å². The summed E-state index contributed by atoms with van der Waals surface area (Å²) >= 11 is 0. The van der Waals surface area contributed by atoms with Crippen LogP contribution in [0.15, 0.2) is 0 Å². The third-order valence-corrected chi connectivity index (χ3v) is 3.34. The summed E-state index contributed by atoms with van der Waals surface area (Å²) in [6.45, 7) is 5.35. The molecule has 1 rings (SSSR count). The van der Waals surface area contributed by atoms with Crippen molar-refractivity contribution in [3.8, 4) is 0 Å². The molecule has 1 aliphatic heterocycles. The van der Waals surface area contributed by atoms with Gasteiger partial charge in [0.1, 0.15) is 5.60 Å². The topological polar surface area (TPSA) is 55.8 Å². The second-order valence-electron chi connectivity index (χ2n) is 6.11. The van der Waals surface area contributed by atoms with Gasteiger partial charge in [0.2, 0.25) is 0 Å². The van der Waals surface area contributed by atoms with Gasteiger partial charge in [0.15, 0.2) is 5.41 Å². The van der Waals surface area contributed by atoms with Crippen LogP contribution in [0.4, 0.5) is 13.6 Å². The first-order chi connectivity index (χ1) is 8.93. The van der Waals surface area contributed by atoms with Crippen LogP contribution in [-0.4, -0.2) is 48.7 Å². The molecule has 0 aromatic rings. The number of hydrogen-bond acceptors (Lipinski definition) is 4. The second kappa shape index (κ2) is 5.18. The van der Waals surface area contributed by atoms with Crippen molar-refractivity contribution in [2.75, 3.05) is 20.2 Å². The first kappa shape index (κ1) is 16.7. The van der Waals surface area contributed by atoms with Gasteiger partial charge in [-0.05, 0) is 27.2 Å². The molecule has 1 amide bonds. The van der Waals surface area contributed by atoms with Crippen LogP contribution in [0, 0.1) is 5.41 Å². The van der Waals surface area contributed by atoms with Gasteiger partial charge in [-0.15, -0.1) is 0 Å². The maximum atomic E-state index is 13.8. The minimum Gasteiger partial charge on any atom is -0.468 e. The summed E-state index contributed by atoms with van der Waals surface area (Å²) in [6, 6.07) is 0. The number of ether oxygens (including phenoxy) is 2. The Balaban J connectivity index is 2.91. The molecule has 1 heterocycles. The van der Waals surface area contributed by atoms with Gasteiger partial charge in [-0.25, -0.2) is 13.6 Å². The minimum absolute atomic E-state index is 0.0352. The SMILES string of the molecule is COC(=O)C1(C(C)(F)F)CCN(C(=O)OC(C)(C)C)C1. The number of methoxy groups -OCH3 is 1. The maximum Gasteiger partial charge on any atom is 0.410 e. The fraction of sp³-hybridized carbons (Fsp3) is 0.846. The van der Waals surface area contributed by atoms with Crippen LogP contribution in [0.5, 0.6) is 0 Å². The number of halogens is 2. The summed E-state index contributed by atoms with van der Waals surface area (Å²) in [5.74, 6) is -4.28. The zero-order valence-electron chi connectivity index (χ0n) is 12.5. The van der Waals surface area contributed by atoms with Crippen LogP contribution in [0.1, 0.15) is 34.1 Å². The van der Waals surface area contributed by atoms with E-state index in [1.54, 1.807) is 20.8 Å². The molecule has 1 fully saturated rings. The molecule has 5 nitrogen and oxygen atoms in total. The zero-order valence-corrected chi connectivity index (χ0v) is 12.5. The monoisotopic (exact) mass is 293 g/mol. The molecule has 116 valence electrons. The van der Waals surface area contributed by atoms with Crippen molar-refractivity contribution in [1.82, 2.24) is 4.90 Å². The lowest BCUT2D eigenvalue weighted by Crippen LogP contribution is -2.49. The average molecular weight is 293 g/mol. The molecule has 0 aromatic carbocycles. The Bertz CT molecular complexity index is 400. The first-order valence-electron chi connectivity index (χ1n) is 6.37. The Hall–Kier alpha value is -1.40. The lowest BCUT2D eigenvalue weighted by atomic mass is 9.81. The molecule has 1 unspecified atom stereocenters. The van der Waals surface area contributed by atoms with Crippen molar-refractivity contribution in [3.63, 3.8) is 0 Å². The normalized spacial score (nSPS) is 23.6. The summed E-state index contributed by atoms with van der Waals surface area (Å²) in [5.41, 5.74) is -2.72. The molecule has 0 spiro atoms. The zero-order chi connectivity index (χ0) is 15.8. The van der Waals surface area contributed by atoms with Gasteiger partial charge in [0.25, 0.3) is 5.92 Å². The van der Waals surface area contributed by atoms with E-state index in [-0.39, 0.29) is 13.0 Å². The van der Waals surface area contributed by atoms with Gasteiger partial charge in [-0.2, -0.15) is 0 Å². The largest absolute Gasteiger partial charge is 0.468 e. The number of hydrogen-bond donors (Lipinski definition) is 0. The van der Waals surface area contributed by atoms with E-state index in [1.165, 1.54) is 0 Å². The van der Waals surface area contributed by atoms with Gasteiger partial charge in [-0.3, -0.25) is 4.79 Å². The van der Waals surface area contributed by atoms with Crippen molar-refractivity contribution < 1.29 is 27.8 Å². The lowest BCUT2D eigenvalue weighted by Gasteiger charge is -2.32. The highest BCUT2D eigenvalue weighted by Crippen LogP contribution is 2.45. The molecule has 0 N–H and O–H groups in total. The molecule has 0 aromatic heterocycles. The predicted molar refractivity (Wildman–Crippen MR) is 67.5 cm³/mol. The van der Waals surface area contributed by atoms with Gasteiger partial charge < -0.3 is 14.4 Å². The number of amides is 1. The van der Waals surface area contributed by atoms with Crippen molar-refractivity contribution in [3.05, 3.63) is 0 Å². The second-order valence-corrected chi connectivity index (χ2v) is 6.11. The molecular weight excluding hydrogens is 272 g/mol. The van der Waals surface area contributed by atoms with E-state index in [1.807, 2.05) is 0 Å². The number of rotatable bonds is 2. The number of alkyl halides is 2. The van der Waals surface area contributed by atoms with Crippen LogP contribution in [0.3, 0.4) is 0 Å². The van der Waals surface area contributed by atoms with Crippen molar-refractivity contribution >= 4 is 12.1 Å². The first-order valence-corrected chi connectivity index (χ1v) is 6.37. The Morgan fingerprint density at radius 2 is 1.75 bits per heavy atom.